The second kappa shape index (κ2) is 5.42. The normalized spacial score (nSPS) is 48.3. The highest BCUT2D eigenvalue weighted by molar-refractivity contribution is 5.84. The fourth-order valence-corrected chi connectivity index (χ4v) is 6.05. The summed E-state index contributed by atoms with van der Waals surface area (Å²) in [5.41, 5.74) is 1.12. The lowest BCUT2D eigenvalue weighted by Crippen LogP contribution is -2.58. The van der Waals surface area contributed by atoms with Crippen LogP contribution < -0.4 is 0 Å². The van der Waals surface area contributed by atoms with E-state index in [9.17, 15) is 15.0 Å². The molecule has 3 aliphatic rings. The fraction of sp³-hybridized carbons (Fsp3) is 0.850. The van der Waals surface area contributed by atoms with Crippen LogP contribution in [0.5, 0.6) is 0 Å². The molecule has 3 heteroatoms. The van der Waals surface area contributed by atoms with Gasteiger partial charge in [0.2, 0.25) is 0 Å². The number of fused-ring (bicyclic) bond motifs is 3. The van der Waals surface area contributed by atoms with Gasteiger partial charge in [-0.1, -0.05) is 32.4 Å². The standard InChI is InChI=1S/C20H32O3/c1-13-6-5-7-16-19(3)9-8-18(2,17(23)12-21)10-14(19)15(22)11-20(13,16)4/h6,14,16-17,21,23H,5,7-12H2,1-4H3. The highest BCUT2D eigenvalue weighted by Crippen LogP contribution is 2.65. The van der Waals surface area contributed by atoms with E-state index in [1.807, 2.05) is 6.92 Å². The second-order valence-corrected chi connectivity index (χ2v) is 9.19. The molecule has 0 spiro atoms. The summed E-state index contributed by atoms with van der Waals surface area (Å²) < 4.78 is 0. The third-order valence-corrected chi connectivity index (χ3v) is 7.98. The monoisotopic (exact) mass is 320 g/mol. The zero-order valence-electron chi connectivity index (χ0n) is 15.1. The van der Waals surface area contributed by atoms with Crippen molar-refractivity contribution in [2.45, 2.75) is 72.3 Å². The van der Waals surface area contributed by atoms with Crippen LogP contribution in [0.25, 0.3) is 0 Å². The molecule has 0 aromatic carbocycles. The van der Waals surface area contributed by atoms with Gasteiger partial charge in [0, 0.05) is 12.3 Å². The van der Waals surface area contributed by atoms with Gasteiger partial charge in [0.25, 0.3) is 0 Å². The molecule has 0 aromatic heterocycles. The molecule has 3 nitrogen and oxygen atoms in total. The number of hydrogen-bond donors (Lipinski definition) is 2. The Labute approximate surface area is 140 Å². The minimum absolute atomic E-state index is 0.0178. The Hall–Kier alpha value is -0.670. The summed E-state index contributed by atoms with van der Waals surface area (Å²) in [7, 11) is 0. The van der Waals surface area contributed by atoms with Crippen LogP contribution in [0.15, 0.2) is 11.6 Å². The van der Waals surface area contributed by atoms with Crippen LogP contribution >= 0.6 is 0 Å². The maximum Gasteiger partial charge on any atom is 0.137 e. The molecular formula is C20H32O3. The van der Waals surface area contributed by atoms with Gasteiger partial charge in [-0.15, -0.1) is 0 Å². The molecule has 130 valence electrons. The summed E-state index contributed by atoms with van der Waals surface area (Å²) in [6.07, 6.45) is 7.14. The number of carbonyl (C=O) groups is 1. The van der Waals surface area contributed by atoms with Gasteiger partial charge in [0.15, 0.2) is 0 Å². The second-order valence-electron chi connectivity index (χ2n) is 9.19. The van der Waals surface area contributed by atoms with E-state index in [4.69, 9.17) is 0 Å². The number of hydrogen-bond acceptors (Lipinski definition) is 3. The van der Waals surface area contributed by atoms with Gasteiger partial charge in [0.05, 0.1) is 12.7 Å². The Kier molecular flexibility index (Phi) is 4.04. The number of Topliss-reactive ketones (excluding diaryl/α,β-unsaturated/α-hetero) is 1. The van der Waals surface area contributed by atoms with Gasteiger partial charge < -0.3 is 10.2 Å². The number of aliphatic hydroxyl groups excluding tert-OH is 2. The predicted molar refractivity (Wildman–Crippen MR) is 90.9 cm³/mol. The van der Waals surface area contributed by atoms with Crippen molar-refractivity contribution in [2.75, 3.05) is 6.61 Å². The van der Waals surface area contributed by atoms with Crippen LogP contribution in [0.3, 0.4) is 0 Å². The van der Waals surface area contributed by atoms with Crippen molar-refractivity contribution in [3.63, 3.8) is 0 Å². The molecule has 23 heavy (non-hydrogen) atoms. The van der Waals surface area contributed by atoms with Gasteiger partial charge >= 0.3 is 0 Å². The molecule has 2 N–H and O–H groups in total. The van der Waals surface area contributed by atoms with Crippen LogP contribution in [0, 0.1) is 28.1 Å². The molecule has 2 fully saturated rings. The summed E-state index contributed by atoms with van der Waals surface area (Å²) in [5.74, 6) is 0.960. The third-order valence-electron chi connectivity index (χ3n) is 7.98. The first-order chi connectivity index (χ1) is 10.7. The summed E-state index contributed by atoms with van der Waals surface area (Å²) in [4.78, 5) is 13.1. The lowest BCUT2D eigenvalue weighted by atomic mass is 9.42. The SMILES string of the molecule is CC1=CCCC2C1(C)CC(=O)C1CC(C)(C(O)CO)CCC12C. The van der Waals surface area contributed by atoms with Gasteiger partial charge in [-0.05, 0) is 61.2 Å². The first-order valence-corrected chi connectivity index (χ1v) is 9.16. The zero-order chi connectivity index (χ0) is 17.0. The van der Waals surface area contributed by atoms with E-state index in [1.54, 1.807) is 0 Å². The zero-order valence-corrected chi connectivity index (χ0v) is 15.1. The summed E-state index contributed by atoms with van der Waals surface area (Å²) >= 11 is 0. The molecule has 0 radical (unpaired) electrons. The van der Waals surface area contributed by atoms with Crippen molar-refractivity contribution >= 4 is 5.78 Å². The minimum atomic E-state index is -0.721. The topological polar surface area (TPSA) is 57.5 Å². The Balaban J connectivity index is 1.96. The molecule has 0 aromatic rings. The van der Waals surface area contributed by atoms with E-state index in [2.05, 4.69) is 26.8 Å². The molecule has 0 aliphatic heterocycles. The molecule has 0 amide bonds. The first kappa shape index (κ1) is 17.2. The summed E-state index contributed by atoms with van der Waals surface area (Å²) in [6.45, 7) is 8.64. The maximum atomic E-state index is 13.1. The van der Waals surface area contributed by atoms with Crippen molar-refractivity contribution in [2.24, 2.45) is 28.1 Å². The fourth-order valence-electron chi connectivity index (χ4n) is 6.05. The van der Waals surface area contributed by atoms with Crippen molar-refractivity contribution in [3.05, 3.63) is 11.6 Å². The molecular weight excluding hydrogens is 288 g/mol. The quantitative estimate of drug-likeness (QED) is 0.766. The van der Waals surface area contributed by atoms with E-state index in [-0.39, 0.29) is 28.8 Å². The lowest BCUT2D eigenvalue weighted by Gasteiger charge is -2.61. The highest BCUT2D eigenvalue weighted by atomic mass is 16.3. The highest BCUT2D eigenvalue weighted by Gasteiger charge is 2.61. The molecule has 2 saturated carbocycles. The van der Waals surface area contributed by atoms with Crippen LogP contribution in [0.2, 0.25) is 0 Å². The molecule has 3 rings (SSSR count). The van der Waals surface area contributed by atoms with Crippen LogP contribution in [0.4, 0.5) is 0 Å². The lowest BCUT2D eigenvalue weighted by molar-refractivity contribution is -0.161. The number of carbonyl (C=O) groups excluding carboxylic acids is 1. The Morgan fingerprint density at radius 2 is 2.00 bits per heavy atom. The molecule has 0 bridgehead atoms. The van der Waals surface area contributed by atoms with E-state index in [0.29, 0.717) is 18.1 Å². The van der Waals surface area contributed by atoms with Gasteiger partial charge in [-0.25, -0.2) is 0 Å². The predicted octanol–water partition coefficient (Wildman–Crippen LogP) is 3.49. The molecule has 0 saturated heterocycles. The van der Waals surface area contributed by atoms with Crippen LogP contribution in [-0.4, -0.2) is 28.7 Å². The Morgan fingerprint density at radius 3 is 2.65 bits per heavy atom. The Morgan fingerprint density at radius 1 is 1.30 bits per heavy atom. The maximum absolute atomic E-state index is 13.1. The summed E-state index contributed by atoms with van der Waals surface area (Å²) in [5, 5.41) is 19.7. The van der Waals surface area contributed by atoms with Crippen LogP contribution in [-0.2, 0) is 4.79 Å². The van der Waals surface area contributed by atoms with Crippen molar-refractivity contribution in [1.82, 2.24) is 0 Å². The third kappa shape index (κ3) is 2.34. The van der Waals surface area contributed by atoms with Gasteiger partial charge in [-0.3, -0.25) is 4.79 Å². The average Bonchev–Trinajstić information content (AvgIpc) is 2.50. The van der Waals surface area contributed by atoms with E-state index in [0.717, 1.165) is 25.7 Å². The minimum Gasteiger partial charge on any atom is -0.394 e. The van der Waals surface area contributed by atoms with Crippen molar-refractivity contribution in [3.8, 4) is 0 Å². The molecule has 0 heterocycles. The van der Waals surface area contributed by atoms with E-state index in [1.165, 1.54) is 12.0 Å². The smallest absolute Gasteiger partial charge is 0.137 e. The van der Waals surface area contributed by atoms with Crippen LogP contribution in [0.1, 0.15) is 66.2 Å². The van der Waals surface area contributed by atoms with E-state index < -0.39 is 6.10 Å². The van der Waals surface area contributed by atoms with Crippen molar-refractivity contribution < 1.29 is 15.0 Å². The molecule has 6 atom stereocenters. The van der Waals surface area contributed by atoms with Crippen molar-refractivity contribution in [1.29, 1.82) is 0 Å². The number of aliphatic hydroxyl groups is 2. The number of ketones is 1. The molecule has 3 aliphatic carbocycles. The largest absolute Gasteiger partial charge is 0.394 e. The Bertz CT molecular complexity index is 539. The number of allylic oxidation sites excluding steroid dienone is 2. The molecule has 6 unspecified atom stereocenters. The number of rotatable bonds is 2. The van der Waals surface area contributed by atoms with Gasteiger partial charge in [0.1, 0.15) is 5.78 Å². The van der Waals surface area contributed by atoms with E-state index >= 15 is 0 Å². The van der Waals surface area contributed by atoms with Gasteiger partial charge in [-0.2, -0.15) is 0 Å². The average molecular weight is 320 g/mol. The summed E-state index contributed by atoms with van der Waals surface area (Å²) in [6, 6.07) is 0. The first-order valence-electron chi connectivity index (χ1n) is 9.16.